The van der Waals surface area contributed by atoms with Crippen molar-refractivity contribution in [1.82, 2.24) is 9.97 Å². The number of benzene rings is 2. The third-order valence-electron chi connectivity index (χ3n) is 3.82. The standard InChI is InChI=1S/C20H17N3OS/c1-2-24-16-10-8-15(9-11-16)23-19-17-12-18(14-6-4-3-5-7-14)25-20(17)22-13-21-19/h3-13H,2H2,1H3,(H,21,22,23). The van der Waals surface area contributed by atoms with E-state index in [1.807, 2.05) is 49.4 Å². The summed E-state index contributed by atoms with van der Waals surface area (Å²) in [5.41, 5.74) is 2.16. The molecular formula is C20H17N3OS. The minimum absolute atomic E-state index is 0.663. The Kier molecular flexibility index (Phi) is 4.31. The van der Waals surface area contributed by atoms with Gasteiger partial charge in [-0.05, 0) is 42.8 Å². The molecule has 1 N–H and O–H groups in total. The number of nitrogens with one attached hydrogen (secondary N) is 1. The zero-order valence-electron chi connectivity index (χ0n) is 13.8. The van der Waals surface area contributed by atoms with Crippen molar-refractivity contribution in [2.45, 2.75) is 6.92 Å². The van der Waals surface area contributed by atoms with E-state index in [1.54, 1.807) is 17.7 Å². The van der Waals surface area contributed by atoms with Crippen LogP contribution in [0.2, 0.25) is 0 Å². The van der Waals surface area contributed by atoms with E-state index in [4.69, 9.17) is 4.74 Å². The van der Waals surface area contributed by atoms with Crippen molar-refractivity contribution in [3.8, 4) is 16.2 Å². The molecule has 124 valence electrons. The van der Waals surface area contributed by atoms with Gasteiger partial charge in [0.1, 0.15) is 22.7 Å². The Morgan fingerprint density at radius 1 is 1.00 bits per heavy atom. The highest BCUT2D eigenvalue weighted by Gasteiger charge is 2.10. The van der Waals surface area contributed by atoms with Crippen molar-refractivity contribution in [2.24, 2.45) is 0 Å². The monoisotopic (exact) mass is 347 g/mol. The van der Waals surface area contributed by atoms with Crippen molar-refractivity contribution in [3.63, 3.8) is 0 Å². The van der Waals surface area contributed by atoms with Gasteiger partial charge in [0.2, 0.25) is 0 Å². The molecule has 2 aromatic carbocycles. The maximum absolute atomic E-state index is 5.48. The summed E-state index contributed by atoms with van der Waals surface area (Å²) in [6.07, 6.45) is 1.60. The molecule has 0 bridgehead atoms. The van der Waals surface area contributed by atoms with Crippen LogP contribution in [0.1, 0.15) is 6.92 Å². The summed E-state index contributed by atoms with van der Waals surface area (Å²) in [6.45, 7) is 2.64. The van der Waals surface area contributed by atoms with Gasteiger partial charge >= 0.3 is 0 Å². The molecule has 4 aromatic rings. The molecule has 0 atom stereocenters. The van der Waals surface area contributed by atoms with Crippen LogP contribution >= 0.6 is 11.3 Å². The van der Waals surface area contributed by atoms with Crippen LogP contribution in [0.25, 0.3) is 20.7 Å². The van der Waals surface area contributed by atoms with E-state index in [9.17, 15) is 0 Å². The van der Waals surface area contributed by atoms with Gasteiger partial charge in [0, 0.05) is 10.6 Å². The van der Waals surface area contributed by atoms with Crippen LogP contribution in [0.4, 0.5) is 11.5 Å². The molecule has 0 saturated heterocycles. The van der Waals surface area contributed by atoms with Crippen molar-refractivity contribution < 1.29 is 4.74 Å². The number of fused-ring (bicyclic) bond motifs is 1. The summed E-state index contributed by atoms with van der Waals surface area (Å²) < 4.78 is 5.48. The van der Waals surface area contributed by atoms with Gasteiger partial charge in [-0.1, -0.05) is 30.3 Å². The molecule has 0 amide bonds. The number of hydrogen-bond donors (Lipinski definition) is 1. The second kappa shape index (κ2) is 6.91. The first kappa shape index (κ1) is 15.6. The number of thiophene rings is 1. The molecule has 2 heterocycles. The van der Waals surface area contributed by atoms with Gasteiger partial charge < -0.3 is 10.1 Å². The molecule has 5 heteroatoms. The average molecular weight is 347 g/mol. The van der Waals surface area contributed by atoms with Crippen LogP contribution in [-0.2, 0) is 0 Å². The van der Waals surface area contributed by atoms with E-state index >= 15 is 0 Å². The topological polar surface area (TPSA) is 47.0 Å². The number of rotatable bonds is 5. The number of ether oxygens (including phenoxy) is 1. The quantitative estimate of drug-likeness (QED) is 0.518. The smallest absolute Gasteiger partial charge is 0.142 e. The van der Waals surface area contributed by atoms with E-state index in [1.165, 1.54) is 10.4 Å². The van der Waals surface area contributed by atoms with Crippen LogP contribution in [0.3, 0.4) is 0 Å². The summed E-state index contributed by atoms with van der Waals surface area (Å²) in [5.74, 6) is 1.68. The summed E-state index contributed by atoms with van der Waals surface area (Å²) in [7, 11) is 0. The van der Waals surface area contributed by atoms with Gasteiger partial charge in [0.05, 0.1) is 12.0 Å². The van der Waals surface area contributed by atoms with E-state index in [0.717, 1.165) is 27.5 Å². The maximum Gasteiger partial charge on any atom is 0.142 e. The third-order valence-corrected chi connectivity index (χ3v) is 4.91. The molecule has 0 aliphatic heterocycles. The first-order valence-corrected chi connectivity index (χ1v) is 8.95. The Labute approximate surface area is 150 Å². The van der Waals surface area contributed by atoms with Crippen LogP contribution in [0, 0.1) is 0 Å². The molecule has 2 aromatic heterocycles. The lowest BCUT2D eigenvalue weighted by Gasteiger charge is -2.08. The minimum atomic E-state index is 0.663. The molecule has 25 heavy (non-hydrogen) atoms. The molecule has 0 saturated carbocycles. The molecule has 0 unspecified atom stereocenters. The maximum atomic E-state index is 5.48. The first-order chi connectivity index (χ1) is 12.3. The highest BCUT2D eigenvalue weighted by Crippen LogP contribution is 2.35. The van der Waals surface area contributed by atoms with Crippen LogP contribution in [0.15, 0.2) is 67.0 Å². The Balaban J connectivity index is 1.66. The van der Waals surface area contributed by atoms with Crippen molar-refractivity contribution in [1.29, 1.82) is 0 Å². The largest absolute Gasteiger partial charge is 0.494 e. The zero-order valence-corrected chi connectivity index (χ0v) is 14.6. The fourth-order valence-electron chi connectivity index (χ4n) is 2.64. The predicted octanol–water partition coefficient (Wildman–Crippen LogP) is 5.50. The zero-order chi connectivity index (χ0) is 17.1. The number of aromatic nitrogens is 2. The van der Waals surface area contributed by atoms with Gasteiger partial charge in [0.25, 0.3) is 0 Å². The molecule has 0 aliphatic rings. The van der Waals surface area contributed by atoms with Crippen molar-refractivity contribution in [2.75, 3.05) is 11.9 Å². The van der Waals surface area contributed by atoms with Crippen LogP contribution in [0.5, 0.6) is 5.75 Å². The van der Waals surface area contributed by atoms with Crippen LogP contribution < -0.4 is 10.1 Å². The van der Waals surface area contributed by atoms with Crippen molar-refractivity contribution >= 4 is 33.1 Å². The van der Waals surface area contributed by atoms with E-state index < -0.39 is 0 Å². The third kappa shape index (κ3) is 3.32. The van der Waals surface area contributed by atoms with Gasteiger partial charge in [-0.25, -0.2) is 9.97 Å². The second-order valence-corrected chi connectivity index (χ2v) is 6.53. The van der Waals surface area contributed by atoms with E-state index in [2.05, 4.69) is 33.5 Å². The summed E-state index contributed by atoms with van der Waals surface area (Å²) in [6, 6.07) is 20.4. The molecular weight excluding hydrogens is 330 g/mol. The number of nitrogens with zero attached hydrogens (tertiary/aromatic N) is 2. The van der Waals surface area contributed by atoms with Gasteiger partial charge in [-0.3, -0.25) is 0 Å². The fourth-order valence-corrected chi connectivity index (χ4v) is 3.64. The number of anilines is 2. The summed E-state index contributed by atoms with van der Waals surface area (Å²) >= 11 is 1.67. The molecule has 0 aliphatic carbocycles. The highest BCUT2D eigenvalue weighted by molar-refractivity contribution is 7.21. The fraction of sp³-hybridized carbons (Fsp3) is 0.100. The molecule has 0 fully saturated rings. The average Bonchev–Trinajstić information content (AvgIpc) is 3.10. The van der Waals surface area contributed by atoms with Gasteiger partial charge in [0.15, 0.2) is 0 Å². The molecule has 4 rings (SSSR count). The SMILES string of the molecule is CCOc1ccc(Nc2ncnc3sc(-c4ccccc4)cc23)cc1. The normalized spacial score (nSPS) is 10.8. The van der Waals surface area contributed by atoms with Crippen LogP contribution in [-0.4, -0.2) is 16.6 Å². The second-order valence-electron chi connectivity index (χ2n) is 5.50. The first-order valence-electron chi connectivity index (χ1n) is 8.13. The number of hydrogen-bond acceptors (Lipinski definition) is 5. The minimum Gasteiger partial charge on any atom is -0.494 e. The van der Waals surface area contributed by atoms with E-state index in [-0.39, 0.29) is 0 Å². The Morgan fingerprint density at radius 2 is 1.80 bits per heavy atom. The molecule has 4 nitrogen and oxygen atoms in total. The van der Waals surface area contributed by atoms with Gasteiger partial charge in [-0.2, -0.15) is 0 Å². The molecule has 0 radical (unpaired) electrons. The Bertz CT molecular complexity index is 981. The summed E-state index contributed by atoms with van der Waals surface area (Å²) in [5, 5.41) is 4.41. The predicted molar refractivity (Wildman–Crippen MR) is 104 cm³/mol. The lowest BCUT2D eigenvalue weighted by atomic mass is 10.2. The van der Waals surface area contributed by atoms with E-state index in [0.29, 0.717) is 6.61 Å². The van der Waals surface area contributed by atoms with Crippen molar-refractivity contribution in [3.05, 3.63) is 67.0 Å². The Morgan fingerprint density at radius 3 is 2.56 bits per heavy atom. The lowest BCUT2D eigenvalue weighted by Crippen LogP contribution is -1.95. The Hall–Kier alpha value is -2.92. The highest BCUT2D eigenvalue weighted by atomic mass is 32.1. The lowest BCUT2D eigenvalue weighted by molar-refractivity contribution is 0.340. The molecule has 0 spiro atoms. The van der Waals surface area contributed by atoms with Gasteiger partial charge in [-0.15, -0.1) is 11.3 Å². The summed E-state index contributed by atoms with van der Waals surface area (Å²) in [4.78, 5) is 11.0.